The van der Waals surface area contributed by atoms with Gasteiger partial charge in [-0.05, 0) is 55.5 Å². The molecule has 11 heteroatoms. The minimum atomic E-state index is -0.682. The molecular weight excluding hydrogens is 538 g/mol. The molecule has 42 heavy (non-hydrogen) atoms. The highest BCUT2D eigenvalue weighted by Crippen LogP contribution is 2.24. The third-order valence-corrected chi connectivity index (χ3v) is 8.14. The molecule has 2 aliphatic rings. The maximum atomic E-state index is 13.0. The standard InChI is InChI=1S/C31H39N5O6/c1-33(31(40)42-21-23-7-4-3-5-8-23)16-14-24-20-35(17-18-41-24)15-6-9-22-10-11-25-27(19-22)34(2)30(39)36(25)26-12-13-28(37)32-29(26)38/h3-5,7-8,10-11,19,24,26H,6,9,12-18,20-21H2,1-2H3,(H,32,37,38)/t24-,26?/m0/s1. The van der Waals surface area contributed by atoms with Crippen LogP contribution in [0, 0.1) is 0 Å². The number of piperidine rings is 1. The third kappa shape index (κ3) is 6.91. The Morgan fingerprint density at radius 1 is 1.10 bits per heavy atom. The molecule has 0 radical (unpaired) electrons. The van der Waals surface area contributed by atoms with Gasteiger partial charge < -0.3 is 14.4 Å². The summed E-state index contributed by atoms with van der Waals surface area (Å²) in [6.07, 6.45) is 2.80. The van der Waals surface area contributed by atoms with Gasteiger partial charge in [0.2, 0.25) is 11.8 Å². The van der Waals surface area contributed by atoms with Crippen molar-refractivity contribution in [2.24, 2.45) is 7.05 Å². The first-order valence-corrected chi connectivity index (χ1v) is 14.6. The number of aryl methyl sites for hydroxylation is 2. The quantitative estimate of drug-likeness (QED) is 0.369. The Kier molecular flexibility index (Phi) is 9.38. The molecule has 2 aliphatic heterocycles. The van der Waals surface area contributed by atoms with E-state index < -0.39 is 11.9 Å². The van der Waals surface area contributed by atoms with Crippen LogP contribution >= 0.6 is 0 Å². The Morgan fingerprint density at radius 3 is 2.69 bits per heavy atom. The van der Waals surface area contributed by atoms with Gasteiger partial charge in [0.25, 0.3) is 0 Å². The van der Waals surface area contributed by atoms with Crippen molar-refractivity contribution in [1.82, 2.24) is 24.3 Å². The third-order valence-electron chi connectivity index (χ3n) is 8.14. The number of ether oxygens (including phenoxy) is 2. The van der Waals surface area contributed by atoms with E-state index in [1.807, 2.05) is 48.5 Å². The fourth-order valence-corrected chi connectivity index (χ4v) is 5.72. The van der Waals surface area contributed by atoms with Crippen LogP contribution < -0.4 is 11.0 Å². The second-order valence-corrected chi connectivity index (χ2v) is 11.1. The predicted molar refractivity (Wildman–Crippen MR) is 157 cm³/mol. The fourth-order valence-electron chi connectivity index (χ4n) is 5.72. The van der Waals surface area contributed by atoms with Gasteiger partial charge in [-0.15, -0.1) is 0 Å². The summed E-state index contributed by atoms with van der Waals surface area (Å²) in [5.41, 5.74) is 3.30. The van der Waals surface area contributed by atoms with Crippen LogP contribution in [-0.4, -0.2) is 82.8 Å². The number of carbonyl (C=O) groups is 3. The lowest BCUT2D eigenvalue weighted by Crippen LogP contribution is -2.44. The van der Waals surface area contributed by atoms with Crippen LogP contribution in [0.15, 0.2) is 53.3 Å². The number of nitrogens with zero attached hydrogens (tertiary/aromatic N) is 4. The molecule has 3 aromatic rings. The van der Waals surface area contributed by atoms with E-state index in [2.05, 4.69) is 10.2 Å². The minimum Gasteiger partial charge on any atom is -0.445 e. The number of rotatable bonds is 10. The van der Waals surface area contributed by atoms with Crippen LogP contribution in [0.4, 0.5) is 4.79 Å². The monoisotopic (exact) mass is 577 g/mol. The summed E-state index contributed by atoms with van der Waals surface area (Å²) in [6.45, 7) is 4.08. The zero-order valence-corrected chi connectivity index (χ0v) is 24.3. The first-order chi connectivity index (χ1) is 20.3. The number of hydrogen-bond acceptors (Lipinski definition) is 7. The highest BCUT2D eigenvalue weighted by Gasteiger charge is 2.31. The largest absolute Gasteiger partial charge is 0.445 e. The van der Waals surface area contributed by atoms with E-state index in [0.29, 0.717) is 25.1 Å². The molecule has 2 atom stereocenters. The van der Waals surface area contributed by atoms with Crippen LogP contribution in [-0.2, 0) is 39.1 Å². The van der Waals surface area contributed by atoms with Gasteiger partial charge in [-0.1, -0.05) is 36.4 Å². The summed E-state index contributed by atoms with van der Waals surface area (Å²) >= 11 is 0. The van der Waals surface area contributed by atoms with Crippen LogP contribution in [0.5, 0.6) is 0 Å². The molecule has 2 aromatic carbocycles. The molecule has 2 fully saturated rings. The van der Waals surface area contributed by atoms with Crippen molar-refractivity contribution in [1.29, 1.82) is 0 Å². The van der Waals surface area contributed by atoms with E-state index in [0.717, 1.165) is 55.5 Å². The number of morpholine rings is 1. The minimum absolute atomic E-state index is 0.0565. The molecule has 3 amide bonds. The Labute approximate surface area is 245 Å². The van der Waals surface area contributed by atoms with E-state index in [1.54, 1.807) is 23.6 Å². The van der Waals surface area contributed by atoms with Crippen molar-refractivity contribution < 1.29 is 23.9 Å². The summed E-state index contributed by atoms with van der Waals surface area (Å²) in [5.74, 6) is -0.728. The summed E-state index contributed by atoms with van der Waals surface area (Å²) < 4.78 is 14.5. The molecule has 1 unspecified atom stereocenters. The van der Waals surface area contributed by atoms with Crippen molar-refractivity contribution in [2.75, 3.05) is 39.8 Å². The lowest BCUT2D eigenvalue weighted by Gasteiger charge is -2.33. The smallest absolute Gasteiger partial charge is 0.409 e. The number of imide groups is 1. The molecule has 0 aliphatic carbocycles. The number of nitrogens with one attached hydrogen (secondary N) is 1. The first kappa shape index (κ1) is 29.5. The number of benzene rings is 2. The summed E-state index contributed by atoms with van der Waals surface area (Å²) in [7, 11) is 3.46. The van der Waals surface area contributed by atoms with Crippen molar-refractivity contribution in [3.8, 4) is 0 Å². The Morgan fingerprint density at radius 2 is 1.90 bits per heavy atom. The number of aromatic nitrogens is 2. The summed E-state index contributed by atoms with van der Waals surface area (Å²) in [4.78, 5) is 53.4. The Hall–Kier alpha value is -3.96. The second-order valence-electron chi connectivity index (χ2n) is 11.1. The highest BCUT2D eigenvalue weighted by atomic mass is 16.6. The molecule has 11 nitrogen and oxygen atoms in total. The Balaban J connectivity index is 1.09. The molecule has 224 valence electrons. The summed E-state index contributed by atoms with van der Waals surface area (Å²) in [6, 6.07) is 14.9. The normalized spacial score (nSPS) is 19.6. The molecule has 1 aromatic heterocycles. The van der Waals surface area contributed by atoms with E-state index in [-0.39, 0.29) is 36.8 Å². The van der Waals surface area contributed by atoms with E-state index >= 15 is 0 Å². The van der Waals surface area contributed by atoms with Crippen LogP contribution in [0.1, 0.15) is 42.9 Å². The average Bonchev–Trinajstić information content (AvgIpc) is 3.24. The molecule has 5 rings (SSSR count). The molecule has 0 saturated carbocycles. The van der Waals surface area contributed by atoms with Gasteiger partial charge in [-0.25, -0.2) is 9.59 Å². The van der Waals surface area contributed by atoms with Gasteiger partial charge in [0.05, 0.1) is 23.7 Å². The number of fused-ring (bicyclic) bond motifs is 1. The zero-order chi connectivity index (χ0) is 29.6. The maximum absolute atomic E-state index is 13.0. The molecule has 1 N–H and O–H groups in total. The van der Waals surface area contributed by atoms with Gasteiger partial charge in [0, 0.05) is 40.2 Å². The zero-order valence-electron chi connectivity index (χ0n) is 24.3. The average molecular weight is 578 g/mol. The van der Waals surface area contributed by atoms with Gasteiger partial charge in [0.1, 0.15) is 12.6 Å². The van der Waals surface area contributed by atoms with Gasteiger partial charge in [-0.2, -0.15) is 0 Å². The van der Waals surface area contributed by atoms with E-state index in [1.165, 1.54) is 4.57 Å². The van der Waals surface area contributed by atoms with Crippen LogP contribution in [0.25, 0.3) is 11.0 Å². The molecule has 2 saturated heterocycles. The number of imidazole rings is 1. The van der Waals surface area contributed by atoms with Crippen molar-refractivity contribution >= 4 is 28.9 Å². The van der Waals surface area contributed by atoms with Crippen molar-refractivity contribution in [3.63, 3.8) is 0 Å². The summed E-state index contributed by atoms with van der Waals surface area (Å²) in [5, 5.41) is 2.35. The number of amides is 3. The van der Waals surface area contributed by atoms with Gasteiger partial charge in [-0.3, -0.25) is 28.9 Å². The number of hydrogen-bond donors (Lipinski definition) is 1. The van der Waals surface area contributed by atoms with Gasteiger partial charge in [0.15, 0.2) is 0 Å². The lowest BCUT2D eigenvalue weighted by molar-refractivity contribution is -0.135. The highest BCUT2D eigenvalue weighted by molar-refractivity contribution is 6.00. The van der Waals surface area contributed by atoms with Gasteiger partial charge >= 0.3 is 11.8 Å². The Bertz CT molecular complexity index is 1480. The fraction of sp³-hybridized carbons (Fsp3) is 0.484. The van der Waals surface area contributed by atoms with Crippen molar-refractivity contribution in [3.05, 3.63) is 70.1 Å². The second kappa shape index (κ2) is 13.3. The molecule has 0 bridgehead atoms. The molecule has 3 heterocycles. The lowest BCUT2D eigenvalue weighted by atomic mass is 10.0. The van der Waals surface area contributed by atoms with Crippen LogP contribution in [0.2, 0.25) is 0 Å². The molecule has 0 spiro atoms. The maximum Gasteiger partial charge on any atom is 0.409 e. The van der Waals surface area contributed by atoms with E-state index in [9.17, 15) is 19.2 Å². The SMILES string of the molecule is CN(CC[C@H]1CN(CCCc2ccc3c(c2)n(C)c(=O)n3C2CCC(=O)NC2=O)CCO1)C(=O)OCc1ccccc1. The topological polar surface area (TPSA) is 115 Å². The number of carbonyl (C=O) groups excluding carboxylic acids is 3. The van der Waals surface area contributed by atoms with E-state index in [4.69, 9.17) is 9.47 Å². The predicted octanol–water partition coefficient (Wildman–Crippen LogP) is 2.61. The first-order valence-electron chi connectivity index (χ1n) is 14.6. The van der Waals surface area contributed by atoms with Crippen molar-refractivity contribution in [2.45, 2.75) is 50.9 Å². The molecular formula is C31H39N5O6. The van der Waals surface area contributed by atoms with Crippen LogP contribution in [0.3, 0.4) is 0 Å².